The summed E-state index contributed by atoms with van der Waals surface area (Å²) in [6.45, 7) is 1.17. The summed E-state index contributed by atoms with van der Waals surface area (Å²) in [4.78, 5) is 49.4. The van der Waals surface area contributed by atoms with Crippen molar-refractivity contribution in [1.82, 2.24) is 15.1 Å². The maximum atomic E-state index is 12.1. The molecular formula is C17H19N3O7. The van der Waals surface area contributed by atoms with Gasteiger partial charge in [-0.25, -0.2) is 4.79 Å². The topological polar surface area (TPSA) is 114 Å². The second kappa shape index (κ2) is 7.52. The number of fused-ring (bicyclic) bond motifs is 1. The van der Waals surface area contributed by atoms with Crippen LogP contribution in [0.4, 0.5) is 4.79 Å². The maximum Gasteiger partial charge on any atom is 0.327 e. The zero-order valence-electron chi connectivity index (χ0n) is 14.9. The molecule has 1 aromatic rings. The van der Waals surface area contributed by atoms with Crippen molar-refractivity contribution in [3.8, 4) is 11.5 Å². The fourth-order valence-electron chi connectivity index (χ4n) is 2.63. The number of imide groups is 1. The van der Waals surface area contributed by atoms with E-state index in [4.69, 9.17) is 14.2 Å². The largest absolute Gasteiger partial charge is 0.454 e. The van der Waals surface area contributed by atoms with Crippen molar-refractivity contribution in [2.45, 2.75) is 19.6 Å². The number of ether oxygens (including phenoxy) is 3. The molecule has 1 saturated heterocycles. The molecule has 0 unspecified atom stereocenters. The molecule has 0 aliphatic carbocycles. The van der Waals surface area contributed by atoms with E-state index in [0.717, 1.165) is 10.5 Å². The van der Waals surface area contributed by atoms with Gasteiger partial charge in [0.2, 0.25) is 6.79 Å². The maximum absolute atomic E-state index is 12.1. The molecule has 0 saturated carbocycles. The molecule has 0 radical (unpaired) electrons. The van der Waals surface area contributed by atoms with Gasteiger partial charge in [0.15, 0.2) is 17.6 Å². The Hall–Kier alpha value is -3.30. The Bertz CT molecular complexity index is 795. The van der Waals surface area contributed by atoms with E-state index >= 15 is 0 Å². The van der Waals surface area contributed by atoms with E-state index in [-0.39, 0.29) is 19.9 Å². The quantitative estimate of drug-likeness (QED) is 0.542. The molecule has 1 aromatic carbocycles. The number of carbonyl (C=O) groups is 4. The average Bonchev–Trinajstić information content (AvgIpc) is 3.19. The number of nitrogens with zero attached hydrogens (tertiary/aromatic N) is 2. The van der Waals surface area contributed by atoms with Gasteiger partial charge < -0.3 is 24.4 Å². The molecule has 10 nitrogen and oxygen atoms in total. The lowest BCUT2D eigenvalue weighted by atomic mass is 10.2. The molecular weight excluding hydrogens is 358 g/mol. The third-order valence-corrected chi connectivity index (χ3v) is 4.10. The Morgan fingerprint density at radius 3 is 2.70 bits per heavy atom. The predicted octanol–water partition coefficient (Wildman–Crippen LogP) is -0.143. The third-order valence-electron chi connectivity index (χ3n) is 4.10. The van der Waals surface area contributed by atoms with E-state index in [1.165, 1.54) is 18.9 Å². The number of carbonyl (C=O) groups excluding carboxylic acids is 4. The fourth-order valence-corrected chi connectivity index (χ4v) is 2.63. The fraction of sp³-hybridized carbons (Fsp3) is 0.412. The van der Waals surface area contributed by atoms with E-state index in [1.807, 2.05) is 0 Å². The van der Waals surface area contributed by atoms with Gasteiger partial charge >= 0.3 is 12.0 Å². The minimum absolute atomic E-state index is 0.0856. The Morgan fingerprint density at radius 2 is 2.00 bits per heavy atom. The van der Waals surface area contributed by atoms with Crippen LogP contribution in [0.3, 0.4) is 0 Å². The van der Waals surface area contributed by atoms with Crippen molar-refractivity contribution in [2.75, 3.05) is 26.9 Å². The van der Waals surface area contributed by atoms with Crippen molar-refractivity contribution in [1.29, 1.82) is 0 Å². The smallest absolute Gasteiger partial charge is 0.327 e. The van der Waals surface area contributed by atoms with Gasteiger partial charge in [-0.05, 0) is 24.6 Å². The highest BCUT2D eigenvalue weighted by Gasteiger charge is 2.35. The number of esters is 1. The van der Waals surface area contributed by atoms with Crippen LogP contribution in [0.25, 0.3) is 0 Å². The standard InChI is InChI=1S/C17H19N3O7/c1-10(27-15(22)8-20-14(21)7-19(2)17(20)24)16(23)18-6-11-3-4-12-13(5-11)26-9-25-12/h3-5,10H,6-9H2,1-2H3,(H,18,23)/t10-/m0/s1. The van der Waals surface area contributed by atoms with Gasteiger partial charge in [-0.1, -0.05) is 6.07 Å². The van der Waals surface area contributed by atoms with Gasteiger partial charge in [-0.2, -0.15) is 0 Å². The Morgan fingerprint density at radius 1 is 1.26 bits per heavy atom. The number of likely N-dealkylation sites (N-methyl/N-ethyl adjacent to an activating group) is 1. The number of hydrogen-bond donors (Lipinski definition) is 1. The van der Waals surface area contributed by atoms with E-state index in [0.29, 0.717) is 11.5 Å². The summed E-state index contributed by atoms with van der Waals surface area (Å²) in [6, 6.07) is 4.71. The van der Waals surface area contributed by atoms with E-state index < -0.39 is 36.5 Å². The summed E-state index contributed by atoms with van der Waals surface area (Å²) in [5.74, 6) is -0.579. The van der Waals surface area contributed by atoms with Gasteiger partial charge in [0.25, 0.3) is 11.8 Å². The summed E-state index contributed by atoms with van der Waals surface area (Å²) < 4.78 is 15.5. The highest BCUT2D eigenvalue weighted by Crippen LogP contribution is 2.32. The zero-order valence-corrected chi connectivity index (χ0v) is 14.9. The highest BCUT2D eigenvalue weighted by atomic mass is 16.7. The molecule has 144 valence electrons. The molecule has 27 heavy (non-hydrogen) atoms. The highest BCUT2D eigenvalue weighted by molar-refractivity contribution is 6.04. The van der Waals surface area contributed by atoms with Crippen LogP contribution in [0.5, 0.6) is 11.5 Å². The van der Waals surface area contributed by atoms with Crippen LogP contribution in [0.15, 0.2) is 18.2 Å². The first-order chi connectivity index (χ1) is 12.8. The summed E-state index contributed by atoms with van der Waals surface area (Å²) >= 11 is 0. The second-order valence-electron chi connectivity index (χ2n) is 6.16. The average molecular weight is 377 g/mol. The van der Waals surface area contributed by atoms with Crippen molar-refractivity contribution in [2.24, 2.45) is 0 Å². The van der Waals surface area contributed by atoms with Crippen molar-refractivity contribution in [3.63, 3.8) is 0 Å². The molecule has 2 heterocycles. The third kappa shape index (κ3) is 4.10. The number of benzene rings is 1. The van der Waals surface area contributed by atoms with Gasteiger partial charge in [-0.3, -0.25) is 19.3 Å². The molecule has 0 bridgehead atoms. The first kappa shape index (κ1) is 18.5. The summed E-state index contributed by atoms with van der Waals surface area (Å²) in [5.41, 5.74) is 0.794. The Labute approximate surface area is 154 Å². The van der Waals surface area contributed by atoms with Gasteiger partial charge in [-0.15, -0.1) is 0 Å². The van der Waals surface area contributed by atoms with Crippen molar-refractivity contribution < 1.29 is 33.4 Å². The first-order valence-electron chi connectivity index (χ1n) is 8.26. The molecule has 10 heteroatoms. The minimum atomic E-state index is -1.07. The van der Waals surface area contributed by atoms with Crippen LogP contribution in [0.1, 0.15) is 12.5 Å². The molecule has 2 aliphatic rings. The van der Waals surface area contributed by atoms with Crippen LogP contribution < -0.4 is 14.8 Å². The van der Waals surface area contributed by atoms with Crippen molar-refractivity contribution >= 4 is 23.8 Å². The monoisotopic (exact) mass is 377 g/mol. The van der Waals surface area contributed by atoms with E-state index in [2.05, 4.69) is 5.32 Å². The molecule has 1 N–H and O–H groups in total. The van der Waals surface area contributed by atoms with Gasteiger partial charge in [0.05, 0.1) is 0 Å². The number of nitrogens with one attached hydrogen (secondary N) is 1. The molecule has 3 rings (SSSR count). The molecule has 4 amide bonds. The SMILES string of the molecule is C[C@H](OC(=O)CN1C(=O)CN(C)C1=O)C(=O)NCc1ccc2c(c1)OCO2. The number of hydrogen-bond acceptors (Lipinski definition) is 7. The first-order valence-corrected chi connectivity index (χ1v) is 8.26. The van der Waals surface area contributed by atoms with Crippen LogP contribution in [-0.4, -0.2) is 66.6 Å². The Balaban J connectivity index is 1.46. The van der Waals surface area contributed by atoms with Gasteiger partial charge in [0.1, 0.15) is 13.1 Å². The minimum Gasteiger partial charge on any atom is -0.454 e. The summed E-state index contributed by atoms with van der Waals surface area (Å²) in [7, 11) is 1.46. The van der Waals surface area contributed by atoms with Crippen LogP contribution in [0.2, 0.25) is 0 Å². The lowest BCUT2D eigenvalue weighted by molar-refractivity contribution is -0.156. The lowest BCUT2D eigenvalue weighted by Gasteiger charge is -2.16. The lowest BCUT2D eigenvalue weighted by Crippen LogP contribution is -2.40. The molecule has 0 aromatic heterocycles. The van der Waals surface area contributed by atoms with E-state index in [1.54, 1.807) is 18.2 Å². The van der Waals surface area contributed by atoms with Crippen LogP contribution in [0, 0.1) is 0 Å². The number of amides is 4. The molecule has 0 spiro atoms. The summed E-state index contributed by atoms with van der Waals surface area (Å²) in [6.07, 6.45) is -1.07. The number of urea groups is 1. The van der Waals surface area contributed by atoms with Crippen LogP contribution >= 0.6 is 0 Å². The summed E-state index contributed by atoms with van der Waals surface area (Å²) in [5, 5.41) is 2.65. The molecule has 1 fully saturated rings. The van der Waals surface area contributed by atoms with Crippen LogP contribution in [-0.2, 0) is 25.7 Å². The van der Waals surface area contributed by atoms with Crippen molar-refractivity contribution in [3.05, 3.63) is 23.8 Å². The Kier molecular flexibility index (Phi) is 5.15. The van der Waals surface area contributed by atoms with E-state index in [9.17, 15) is 19.2 Å². The second-order valence-corrected chi connectivity index (χ2v) is 6.16. The molecule has 1 atom stereocenters. The molecule has 2 aliphatic heterocycles. The number of rotatable bonds is 6. The zero-order chi connectivity index (χ0) is 19.6. The predicted molar refractivity (Wildman–Crippen MR) is 89.7 cm³/mol. The van der Waals surface area contributed by atoms with Gasteiger partial charge in [0, 0.05) is 13.6 Å². The normalized spacial score (nSPS) is 16.5.